The molecule has 0 spiro atoms. The molecule has 0 radical (unpaired) electrons. The molecule has 4 rings (SSSR count). The van der Waals surface area contributed by atoms with Crippen molar-refractivity contribution in [1.82, 2.24) is 5.32 Å². The van der Waals surface area contributed by atoms with Gasteiger partial charge in [0.1, 0.15) is 5.75 Å². The van der Waals surface area contributed by atoms with E-state index in [9.17, 15) is 0 Å². The van der Waals surface area contributed by atoms with Crippen LogP contribution in [0.4, 0.5) is 0 Å². The molecule has 2 heteroatoms. The molecule has 1 aliphatic rings. The van der Waals surface area contributed by atoms with Crippen LogP contribution in [0.1, 0.15) is 22.7 Å². The predicted molar refractivity (Wildman–Crippen MR) is 93.6 cm³/mol. The zero-order valence-corrected chi connectivity index (χ0v) is 13.1. The van der Waals surface area contributed by atoms with Crippen LogP contribution >= 0.6 is 0 Å². The van der Waals surface area contributed by atoms with Crippen LogP contribution in [0.5, 0.6) is 5.75 Å². The second kappa shape index (κ2) is 5.90. The van der Waals surface area contributed by atoms with Gasteiger partial charge in [-0.15, -0.1) is 0 Å². The van der Waals surface area contributed by atoms with E-state index in [0.29, 0.717) is 0 Å². The molecular weight excluding hydrogens is 282 g/mol. The van der Waals surface area contributed by atoms with Crippen molar-refractivity contribution in [3.8, 4) is 16.9 Å². The van der Waals surface area contributed by atoms with Crippen molar-refractivity contribution in [1.29, 1.82) is 0 Å². The number of hydrogen-bond donors (Lipinski definition) is 1. The standard InChI is InChI=1S/C21H19NO/c1-23-16-12-10-15(11-13-16)14-22-21-19-8-4-2-6-17(19)18-7-3-5-9-20(18)21/h2-13,21-22H,14H2,1H3. The lowest BCUT2D eigenvalue weighted by Gasteiger charge is -2.16. The Morgan fingerprint density at radius 1 is 0.783 bits per heavy atom. The second-order valence-corrected chi connectivity index (χ2v) is 5.84. The highest BCUT2D eigenvalue weighted by molar-refractivity contribution is 5.78. The Morgan fingerprint density at radius 3 is 1.91 bits per heavy atom. The minimum atomic E-state index is 0.254. The van der Waals surface area contributed by atoms with Crippen molar-refractivity contribution in [2.75, 3.05) is 7.11 Å². The third kappa shape index (κ3) is 2.51. The van der Waals surface area contributed by atoms with Crippen molar-refractivity contribution < 1.29 is 4.74 Å². The largest absolute Gasteiger partial charge is 0.497 e. The van der Waals surface area contributed by atoms with Gasteiger partial charge in [0.2, 0.25) is 0 Å². The number of rotatable bonds is 4. The quantitative estimate of drug-likeness (QED) is 0.763. The van der Waals surface area contributed by atoms with Gasteiger partial charge in [-0.2, -0.15) is 0 Å². The van der Waals surface area contributed by atoms with Crippen LogP contribution in [0, 0.1) is 0 Å². The first-order chi connectivity index (χ1) is 11.4. The summed E-state index contributed by atoms with van der Waals surface area (Å²) in [5.41, 5.74) is 6.67. The molecule has 0 aliphatic heterocycles. The van der Waals surface area contributed by atoms with Gasteiger partial charge in [-0.3, -0.25) is 0 Å². The molecule has 3 aromatic rings. The van der Waals surface area contributed by atoms with Crippen LogP contribution in [0.2, 0.25) is 0 Å². The molecule has 0 unspecified atom stereocenters. The van der Waals surface area contributed by atoms with E-state index in [-0.39, 0.29) is 6.04 Å². The predicted octanol–water partition coefficient (Wildman–Crippen LogP) is 4.55. The molecule has 0 fully saturated rings. The lowest BCUT2D eigenvalue weighted by Crippen LogP contribution is -2.20. The molecule has 0 saturated heterocycles. The zero-order chi connectivity index (χ0) is 15.6. The molecule has 3 aromatic carbocycles. The summed E-state index contributed by atoms with van der Waals surface area (Å²) in [5.74, 6) is 0.894. The fourth-order valence-electron chi connectivity index (χ4n) is 3.34. The van der Waals surface area contributed by atoms with Gasteiger partial charge in [0.15, 0.2) is 0 Å². The van der Waals surface area contributed by atoms with E-state index in [1.807, 2.05) is 12.1 Å². The monoisotopic (exact) mass is 301 g/mol. The Balaban J connectivity index is 1.61. The third-order valence-electron chi connectivity index (χ3n) is 4.50. The Labute approximate surface area is 136 Å². The van der Waals surface area contributed by atoms with Crippen LogP contribution in [0.3, 0.4) is 0 Å². The second-order valence-electron chi connectivity index (χ2n) is 5.84. The molecule has 0 amide bonds. The number of fused-ring (bicyclic) bond motifs is 3. The van der Waals surface area contributed by atoms with Crippen LogP contribution in [-0.2, 0) is 6.54 Å². The fourth-order valence-corrected chi connectivity index (χ4v) is 3.34. The van der Waals surface area contributed by atoms with Crippen molar-refractivity contribution in [3.63, 3.8) is 0 Å². The number of hydrogen-bond acceptors (Lipinski definition) is 2. The molecule has 1 aliphatic carbocycles. The number of nitrogens with one attached hydrogen (secondary N) is 1. The van der Waals surface area contributed by atoms with Crippen molar-refractivity contribution in [2.24, 2.45) is 0 Å². The highest BCUT2D eigenvalue weighted by Crippen LogP contribution is 2.43. The lowest BCUT2D eigenvalue weighted by atomic mass is 10.0. The van der Waals surface area contributed by atoms with Crippen LogP contribution < -0.4 is 10.1 Å². The van der Waals surface area contributed by atoms with E-state index in [0.717, 1.165) is 12.3 Å². The number of methoxy groups -OCH3 is 1. The average molecular weight is 301 g/mol. The Morgan fingerprint density at radius 2 is 1.35 bits per heavy atom. The average Bonchev–Trinajstić information content (AvgIpc) is 2.94. The number of benzene rings is 3. The van der Waals surface area contributed by atoms with E-state index in [1.54, 1.807) is 7.11 Å². The summed E-state index contributed by atoms with van der Waals surface area (Å²) in [7, 11) is 1.69. The summed E-state index contributed by atoms with van der Waals surface area (Å²) in [4.78, 5) is 0. The highest BCUT2D eigenvalue weighted by atomic mass is 16.5. The normalized spacial score (nSPS) is 12.7. The van der Waals surface area contributed by atoms with Gasteiger partial charge < -0.3 is 10.1 Å². The van der Waals surface area contributed by atoms with Crippen molar-refractivity contribution >= 4 is 0 Å². The van der Waals surface area contributed by atoms with Gasteiger partial charge in [0.25, 0.3) is 0 Å². The van der Waals surface area contributed by atoms with Crippen molar-refractivity contribution in [3.05, 3.63) is 89.5 Å². The SMILES string of the molecule is COc1ccc(CNC2c3ccccc3-c3ccccc32)cc1. The molecule has 0 heterocycles. The van der Waals surface area contributed by atoms with E-state index < -0.39 is 0 Å². The molecule has 23 heavy (non-hydrogen) atoms. The van der Waals surface area contributed by atoms with Crippen LogP contribution in [0.15, 0.2) is 72.8 Å². The zero-order valence-electron chi connectivity index (χ0n) is 13.1. The Hall–Kier alpha value is -2.58. The molecule has 0 atom stereocenters. The first-order valence-corrected chi connectivity index (χ1v) is 7.91. The molecular formula is C21H19NO. The summed E-state index contributed by atoms with van der Waals surface area (Å²) in [6.45, 7) is 0.831. The Kier molecular flexibility index (Phi) is 3.60. The maximum atomic E-state index is 5.22. The molecule has 0 aromatic heterocycles. The summed E-state index contributed by atoms with van der Waals surface area (Å²) in [6, 6.07) is 25.8. The molecule has 2 nitrogen and oxygen atoms in total. The van der Waals surface area contributed by atoms with Gasteiger partial charge in [0, 0.05) is 6.54 Å². The van der Waals surface area contributed by atoms with E-state index in [2.05, 4.69) is 66.0 Å². The maximum absolute atomic E-state index is 5.22. The smallest absolute Gasteiger partial charge is 0.118 e. The minimum absolute atomic E-state index is 0.254. The van der Waals surface area contributed by atoms with Crippen LogP contribution in [0.25, 0.3) is 11.1 Å². The van der Waals surface area contributed by atoms with Gasteiger partial charge in [0.05, 0.1) is 13.2 Å². The van der Waals surface area contributed by atoms with E-state index in [1.165, 1.54) is 27.8 Å². The third-order valence-corrected chi connectivity index (χ3v) is 4.50. The van der Waals surface area contributed by atoms with Gasteiger partial charge in [-0.1, -0.05) is 60.7 Å². The highest BCUT2D eigenvalue weighted by Gasteiger charge is 2.27. The van der Waals surface area contributed by atoms with Gasteiger partial charge >= 0.3 is 0 Å². The lowest BCUT2D eigenvalue weighted by molar-refractivity contribution is 0.414. The van der Waals surface area contributed by atoms with Gasteiger partial charge in [-0.25, -0.2) is 0 Å². The molecule has 1 N–H and O–H groups in total. The summed E-state index contributed by atoms with van der Waals surface area (Å²) < 4.78 is 5.22. The van der Waals surface area contributed by atoms with E-state index >= 15 is 0 Å². The topological polar surface area (TPSA) is 21.3 Å². The van der Waals surface area contributed by atoms with Gasteiger partial charge in [-0.05, 0) is 39.9 Å². The molecule has 0 saturated carbocycles. The summed E-state index contributed by atoms with van der Waals surface area (Å²) in [5, 5.41) is 3.71. The fraction of sp³-hybridized carbons (Fsp3) is 0.143. The number of ether oxygens (including phenoxy) is 1. The van der Waals surface area contributed by atoms with E-state index in [4.69, 9.17) is 4.74 Å². The summed E-state index contributed by atoms with van der Waals surface area (Å²) in [6.07, 6.45) is 0. The van der Waals surface area contributed by atoms with Crippen molar-refractivity contribution in [2.45, 2.75) is 12.6 Å². The Bertz CT molecular complexity index is 778. The first kappa shape index (κ1) is 14.0. The van der Waals surface area contributed by atoms with Crippen LogP contribution in [-0.4, -0.2) is 7.11 Å². The maximum Gasteiger partial charge on any atom is 0.118 e. The first-order valence-electron chi connectivity index (χ1n) is 7.91. The molecule has 114 valence electrons. The summed E-state index contributed by atoms with van der Waals surface area (Å²) >= 11 is 0. The minimum Gasteiger partial charge on any atom is -0.497 e. The molecule has 0 bridgehead atoms.